The summed E-state index contributed by atoms with van der Waals surface area (Å²) in [5, 5.41) is 22.5. The highest BCUT2D eigenvalue weighted by molar-refractivity contribution is 6.26. The molecule has 10 heteroatoms. The Hall–Kier alpha value is -4.44. The number of aliphatic carboxylic acids is 2. The summed E-state index contributed by atoms with van der Waals surface area (Å²) in [5.74, 6) is -4.51. The summed E-state index contributed by atoms with van der Waals surface area (Å²) in [6.45, 7) is 2.11. The van der Waals surface area contributed by atoms with Gasteiger partial charge in [0.05, 0.1) is 37.8 Å². The molecule has 0 aliphatic carbocycles. The van der Waals surface area contributed by atoms with Crippen molar-refractivity contribution >= 4 is 22.7 Å². The molecule has 8 nitrogen and oxygen atoms in total. The fourth-order valence-corrected chi connectivity index (χ4v) is 3.81. The van der Waals surface area contributed by atoms with Gasteiger partial charge in [-0.2, -0.15) is 5.10 Å². The van der Waals surface area contributed by atoms with E-state index in [9.17, 15) is 13.6 Å². The van der Waals surface area contributed by atoms with E-state index in [1.54, 1.807) is 28.9 Å². The molecule has 0 bridgehead atoms. The molecular formula is C28H27F2N3O5. The number of carboxylic acid groups (broad SMARTS) is 2. The molecule has 0 aliphatic rings. The molecular weight excluding hydrogens is 496 g/mol. The van der Waals surface area contributed by atoms with Crippen molar-refractivity contribution in [3.63, 3.8) is 0 Å². The number of quaternary nitrogens is 1. The molecule has 1 unspecified atom stereocenters. The van der Waals surface area contributed by atoms with Crippen LogP contribution in [0, 0.1) is 11.6 Å². The first-order valence-electron chi connectivity index (χ1n) is 11.9. The van der Waals surface area contributed by atoms with Crippen molar-refractivity contribution in [2.24, 2.45) is 0 Å². The fourth-order valence-electron chi connectivity index (χ4n) is 3.81. The highest BCUT2D eigenvalue weighted by atomic mass is 19.1. The minimum atomic E-state index is -2.07. The summed E-state index contributed by atoms with van der Waals surface area (Å²) < 4.78 is 27.9. The average Bonchev–Trinajstić information content (AvgIpc) is 2.90. The minimum absolute atomic E-state index is 0.102. The highest BCUT2D eigenvalue weighted by Gasteiger charge is 2.13. The lowest BCUT2D eigenvalue weighted by molar-refractivity contribution is -0.880. The van der Waals surface area contributed by atoms with Crippen LogP contribution in [0.2, 0.25) is 0 Å². The Bertz CT molecular complexity index is 1440. The number of likely N-dealkylation sites (N-methyl/N-ethyl adjacent to an activating group) is 1. The summed E-state index contributed by atoms with van der Waals surface area (Å²) >= 11 is 0. The molecule has 4 aromatic rings. The first kappa shape index (κ1) is 28.1. The number of hydrogen-bond acceptors (Lipinski definition) is 5. The van der Waals surface area contributed by atoms with Gasteiger partial charge in [0.1, 0.15) is 11.6 Å². The van der Waals surface area contributed by atoms with Crippen molar-refractivity contribution in [2.75, 3.05) is 20.1 Å². The number of benzene rings is 3. The Kier molecular flexibility index (Phi) is 9.78. The average molecular weight is 524 g/mol. The van der Waals surface area contributed by atoms with Crippen molar-refractivity contribution in [2.45, 2.75) is 19.4 Å². The predicted octanol–water partition coefficient (Wildman–Crippen LogP) is 0.844. The largest absolute Gasteiger partial charge is 0.539 e. The number of carboxylic acids is 2. The monoisotopic (exact) mass is 523 g/mol. The Morgan fingerprint density at radius 2 is 1.42 bits per heavy atom. The SMILES string of the molecule is C[NH+](CCc1ccc(F)cc1)CCn1nc(Cc2ccc(F)cc2)c2ccccc2c1=O.O=C([O-])C(=O)O. The quantitative estimate of drug-likeness (QED) is 0.331. The first-order chi connectivity index (χ1) is 18.1. The molecule has 0 saturated heterocycles. The molecule has 0 aliphatic heterocycles. The summed E-state index contributed by atoms with van der Waals surface area (Å²) in [5.41, 5.74) is 2.73. The van der Waals surface area contributed by atoms with Gasteiger partial charge in [-0.1, -0.05) is 42.5 Å². The number of hydrogen-bond donors (Lipinski definition) is 2. The smallest absolute Gasteiger partial charge is 0.351 e. The predicted molar refractivity (Wildman–Crippen MR) is 135 cm³/mol. The minimum Gasteiger partial charge on any atom is -0.539 e. The third kappa shape index (κ3) is 8.04. The maximum absolute atomic E-state index is 13.3. The molecule has 0 amide bonds. The Labute approximate surface area is 217 Å². The van der Waals surface area contributed by atoms with Crippen LogP contribution >= 0.6 is 0 Å². The van der Waals surface area contributed by atoms with Gasteiger partial charge in [-0.15, -0.1) is 0 Å². The molecule has 1 aromatic heterocycles. The van der Waals surface area contributed by atoms with Crippen LogP contribution in [-0.4, -0.2) is 47.0 Å². The van der Waals surface area contributed by atoms with Crippen LogP contribution in [0.5, 0.6) is 0 Å². The van der Waals surface area contributed by atoms with Crippen LogP contribution in [0.4, 0.5) is 8.78 Å². The van der Waals surface area contributed by atoms with Crippen LogP contribution in [0.15, 0.2) is 77.6 Å². The number of rotatable bonds is 8. The molecule has 4 rings (SSSR count). The molecule has 1 heterocycles. The van der Waals surface area contributed by atoms with E-state index in [2.05, 4.69) is 12.1 Å². The number of aromatic nitrogens is 2. The van der Waals surface area contributed by atoms with E-state index in [4.69, 9.17) is 19.8 Å². The van der Waals surface area contributed by atoms with Gasteiger partial charge in [0.15, 0.2) is 5.97 Å². The summed E-state index contributed by atoms with van der Waals surface area (Å²) in [6, 6.07) is 20.4. The van der Waals surface area contributed by atoms with Gasteiger partial charge in [0, 0.05) is 18.2 Å². The van der Waals surface area contributed by atoms with Crippen molar-refractivity contribution in [1.82, 2.24) is 9.78 Å². The number of fused-ring (bicyclic) bond motifs is 1. The number of halogens is 2. The lowest BCUT2D eigenvalue weighted by Gasteiger charge is -2.16. The van der Waals surface area contributed by atoms with Gasteiger partial charge in [0.25, 0.3) is 5.56 Å². The molecule has 1 atom stereocenters. The zero-order chi connectivity index (χ0) is 27.7. The van der Waals surface area contributed by atoms with Crippen LogP contribution in [0.25, 0.3) is 10.8 Å². The van der Waals surface area contributed by atoms with Gasteiger partial charge in [-0.25, -0.2) is 18.3 Å². The highest BCUT2D eigenvalue weighted by Crippen LogP contribution is 2.17. The molecule has 0 saturated carbocycles. The van der Waals surface area contributed by atoms with Crippen molar-refractivity contribution in [3.05, 3.63) is 112 Å². The van der Waals surface area contributed by atoms with E-state index in [0.29, 0.717) is 18.4 Å². The van der Waals surface area contributed by atoms with Gasteiger partial charge >= 0.3 is 5.97 Å². The normalized spacial score (nSPS) is 11.4. The molecule has 2 N–H and O–H groups in total. The van der Waals surface area contributed by atoms with E-state index in [-0.39, 0.29) is 17.2 Å². The Balaban J connectivity index is 0.000000599. The molecule has 0 spiro atoms. The maximum Gasteiger partial charge on any atom is 0.351 e. The van der Waals surface area contributed by atoms with Gasteiger partial charge in [-0.3, -0.25) is 4.79 Å². The van der Waals surface area contributed by atoms with Crippen molar-refractivity contribution in [1.29, 1.82) is 0 Å². The number of nitrogens with zero attached hydrogens (tertiary/aromatic N) is 2. The third-order valence-electron chi connectivity index (χ3n) is 5.91. The van der Waals surface area contributed by atoms with Crippen LogP contribution < -0.4 is 15.6 Å². The van der Waals surface area contributed by atoms with Crippen LogP contribution in [0.3, 0.4) is 0 Å². The van der Waals surface area contributed by atoms with E-state index in [1.165, 1.54) is 29.2 Å². The van der Waals surface area contributed by atoms with E-state index >= 15 is 0 Å². The zero-order valence-electron chi connectivity index (χ0n) is 20.7. The second-order valence-electron chi connectivity index (χ2n) is 8.75. The van der Waals surface area contributed by atoms with E-state index < -0.39 is 11.9 Å². The maximum atomic E-state index is 13.3. The van der Waals surface area contributed by atoms with E-state index in [1.807, 2.05) is 24.3 Å². The number of carbonyl (C=O) groups is 2. The van der Waals surface area contributed by atoms with Crippen molar-refractivity contribution in [3.8, 4) is 0 Å². The van der Waals surface area contributed by atoms with Crippen LogP contribution in [0.1, 0.15) is 16.8 Å². The molecule has 3 aromatic carbocycles. The standard InChI is InChI=1S/C26H25F2N3O.C2H2O4/c1-30(15-14-19-6-10-21(27)11-7-19)16-17-31-26(32)24-5-3-2-4-23(24)25(29-31)18-20-8-12-22(28)13-9-20;3-1(4)2(5)6/h2-13H,14-18H2,1H3;(H,3,4)(H,5,6). The first-order valence-corrected chi connectivity index (χ1v) is 11.9. The van der Waals surface area contributed by atoms with Crippen molar-refractivity contribution < 1.29 is 33.5 Å². The second kappa shape index (κ2) is 13.2. The number of nitrogens with one attached hydrogen (secondary N) is 1. The zero-order valence-corrected chi connectivity index (χ0v) is 20.7. The Morgan fingerprint density at radius 1 is 0.895 bits per heavy atom. The van der Waals surface area contributed by atoms with Gasteiger partial charge in [-0.05, 0) is 41.5 Å². The second-order valence-corrected chi connectivity index (χ2v) is 8.75. The third-order valence-corrected chi connectivity index (χ3v) is 5.91. The summed E-state index contributed by atoms with van der Waals surface area (Å²) in [4.78, 5) is 32.3. The lowest BCUT2D eigenvalue weighted by Crippen LogP contribution is -3.09. The van der Waals surface area contributed by atoms with E-state index in [0.717, 1.165) is 41.7 Å². The molecule has 198 valence electrons. The van der Waals surface area contributed by atoms with Gasteiger partial charge in [0.2, 0.25) is 0 Å². The Morgan fingerprint density at radius 3 is 1.97 bits per heavy atom. The molecule has 0 fully saturated rings. The van der Waals surface area contributed by atoms with Gasteiger partial charge < -0.3 is 19.9 Å². The summed E-state index contributed by atoms with van der Waals surface area (Å²) in [7, 11) is 2.08. The fraction of sp³-hybridized carbons (Fsp3) is 0.214. The van der Waals surface area contributed by atoms with Crippen LogP contribution in [-0.2, 0) is 29.0 Å². The summed E-state index contributed by atoms with van der Waals surface area (Å²) in [6.07, 6.45) is 1.36. The topological polar surface area (TPSA) is 117 Å². The number of carbonyl (C=O) groups excluding carboxylic acids is 1. The molecule has 38 heavy (non-hydrogen) atoms. The lowest BCUT2D eigenvalue weighted by atomic mass is 10.0. The molecule has 0 radical (unpaired) electrons.